The molecule has 0 fully saturated rings. The molecule has 2 aromatic rings. The van der Waals surface area contributed by atoms with Crippen molar-refractivity contribution in [3.8, 4) is 5.75 Å². The van der Waals surface area contributed by atoms with E-state index >= 15 is 0 Å². The largest absolute Gasteiger partial charge is 0.493 e. The Hall–Kier alpha value is -0.980. The predicted molar refractivity (Wildman–Crippen MR) is 86.4 cm³/mol. The van der Waals surface area contributed by atoms with E-state index in [4.69, 9.17) is 4.74 Å². The summed E-state index contributed by atoms with van der Waals surface area (Å²) in [5.41, 5.74) is 1.07. The molecule has 0 aliphatic carbocycles. The number of aromatic nitrogens is 2. The van der Waals surface area contributed by atoms with E-state index < -0.39 is 0 Å². The number of hydrogen-bond donors (Lipinski definition) is 1. The maximum Gasteiger partial charge on any atom is 0.161 e. The Balaban J connectivity index is 2.09. The Morgan fingerprint density at radius 3 is 2.70 bits per heavy atom. The van der Waals surface area contributed by atoms with Gasteiger partial charge in [0.05, 0.1) is 25.0 Å². The second-order valence-electron chi connectivity index (χ2n) is 4.33. The molecule has 0 saturated carbocycles. The van der Waals surface area contributed by atoms with E-state index in [0.717, 1.165) is 21.7 Å². The van der Waals surface area contributed by atoms with Crippen molar-refractivity contribution < 1.29 is 4.74 Å². The summed E-state index contributed by atoms with van der Waals surface area (Å²) >= 11 is 5.26. The van der Waals surface area contributed by atoms with Crippen LogP contribution in [0, 0.1) is 0 Å². The van der Waals surface area contributed by atoms with Gasteiger partial charge in [0.25, 0.3) is 0 Å². The minimum Gasteiger partial charge on any atom is -0.493 e. The molecule has 6 heteroatoms. The number of aryl methyl sites for hydroxylation is 1. The summed E-state index contributed by atoms with van der Waals surface area (Å²) in [6.45, 7) is 0. The lowest BCUT2D eigenvalue weighted by Crippen LogP contribution is -2.22. The lowest BCUT2D eigenvalue weighted by molar-refractivity contribution is 0.401. The third-order valence-electron chi connectivity index (χ3n) is 3.08. The molecule has 1 heterocycles. The molecule has 4 nitrogen and oxygen atoms in total. The number of benzene rings is 1. The van der Waals surface area contributed by atoms with Crippen LogP contribution in [0.15, 0.2) is 39.8 Å². The number of nitrogens with one attached hydrogen (secondary N) is 1. The smallest absolute Gasteiger partial charge is 0.161 e. The quantitative estimate of drug-likeness (QED) is 0.807. The second kappa shape index (κ2) is 7.15. The summed E-state index contributed by atoms with van der Waals surface area (Å²) < 4.78 is 8.34. The van der Waals surface area contributed by atoms with Crippen molar-refractivity contribution in [1.29, 1.82) is 0 Å². The molecule has 1 aromatic heterocycles. The third kappa shape index (κ3) is 3.56. The van der Waals surface area contributed by atoms with E-state index in [1.807, 2.05) is 30.5 Å². The Morgan fingerprint density at radius 2 is 2.10 bits per heavy atom. The van der Waals surface area contributed by atoms with Gasteiger partial charge in [0.15, 0.2) is 5.75 Å². The standard InChI is InChI=1S/C14H18BrN3OS/c1-16-12(14-13(19-3)8-17-18(14)2)9-20-11-6-4-10(15)5-7-11/h4-8,12,16H,9H2,1-3H3. The molecule has 0 aliphatic rings. The van der Waals surface area contributed by atoms with Gasteiger partial charge in [-0.25, -0.2) is 0 Å². The number of nitrogens with zero attached hydrogens (tertiary/aromatic N) is 2. The van der Waals surface area contributed by atoms with Crippen LogP contribution in [0.4, 0.5) is 0 Å². The van der Waals surface area contributed by atoms with Crippen molar-refractivity contribution in [2.24, 2.45) is 7.05 Å². The van der Waals surface area contributed by atoms with E-state index in [0.29, 0.717) is 0 Å². The fraction of sp³-hybridized carbons (Fsp3) is 0.357. The van der Waals surface area contributed by atoms with Crippen LogP contribution in [0.3, 0.4) is 0 Å². The van der Waals surface area contributed by atoms with Crippen LogP contribution in [0.5, 0.6) is 5.75 Å². The summed E-state index contributed by atoms with van der Waals surface area (Å²) in [5, 5.41) is 7.59. The zero-order valence-electron chi connectivity index (χ0n) is 11.8. The summed E-state index contributed by atoms with van der Waals surface area (Å²) in [6, 6.07) is 8.53. The van der Waals surface area contributed by atoms with Crippen LogP contribution in [0.1, 0.15) is 11.7 Å². The van der Waals surface area contributed by atoms with Crippen molar-refractivity contribution in [3.63, 3.8) is 0 Å². The minimum absolute atomic E-state index is 0.186. The Bertz CT molecular complexity index is 556. The average molecular weight is 356 g/mol. The molecule has 108 valence electrons. The SMILES string of the molecule is CNC(CSc1ccc(Br)cc1)c1c(OC)cnn1C. The van der Waals surface area contributed by atoms with Crippen molar-refractivity contribution >= 4 is 27.7 Å². The number of methoxy groups -OCH3 is 1. The van der Waals surface area contributed by atoms with Crippen LogP contribution < -0.4 is 10.1 Å². The molecule has 0 amide bonds. The van der Waals surface area contributed by atoms with Crippen LogP contribution in [-0.2, 0) is 7.05 Å². The lowest BCUT2D eigenvalue weighted by atomic mass is 10.2. The van der Waals surface area contributed by atoms with Crippen LogP contribution in [0.2, 0.25) is 0 Å². The maximum atomic E-state index is 5.38. The maximum absolute atomic E-state index is 5.38. The van der Waals surface area contributed by atoms with Gasteiger partial charge in [0, 0.05) is 22.2 Å². The molecule has 2 rings (SSSR count). The number of thioether (sulfide) groups is 1. The van der Waals surface area contributed by atoms with Crippen LogP contribution >= 0.6 is 27.7 Å². The highest BCUT2D eigenvalue weighted by atomic mass is 79.9. The molecule has 20 heavy (non-hydrogen) atoms. The van der Waals surface area contributed by atoms with Gasteiger partial charge in [-0.1, -0.05) is 15.9 Å². The fourth-order valence-electron chi connectivity index (χ4n) is 1.99. The summed E-state index contributed by atoms with van der Waals surface area (Å²) in [7, 11) is 5.57. The first-order valence-corrected chi connectivity index (χ1v) is 8.05. The molecule has 1 unspecified atom stereocenters. The van der Waals surface area contributed by atoms with Gasteiger partial charge in [-0.3, -0.25) is 4.68 Å². The topological polar surface area (TPSA) is 39.1 Å². The molecule has 0 radical (unpaired) electrons. The summed E-state index contributed by atoms with van der Waals surface area (Å²) in [5.74, 6) is 1.73. The van der Waals surface area contributed by atoms with Gasteiger partial charge in [-0.15, -0.1) is 11.8 Å². The zero-order chi connectivity index (χ0) is 14.5. The van der Waals surface area contributed by atoms with E-state index in [9.17, 15) is 0 Å². The number of ether oxygens (including phenoxy) is 1. The predicted octanol–water partition coefficient (Wildman–Crippen LogP) is 3.24. The Kier molecular flexibility index (Phi) is 5.51. The first-order chi connectivity index (χ1) is 9.65. The number of halogens is 1. The summed E-state index contributed by atoms with van der Waals surface area (Å²) in [4.78, 5) is 1.24. The van der Waals surface area contributed by atoms with Gasteiger partial charge in [0.1, 0.15) is 0 Å². The van der Waals surface area contributed by atoms with Crippen molar-refractivity contribution in [2.45, 2.75) is 10.9 Å². The monoisotopic (exact) mass is 355 g/mol. The van der Waals surface area contributed by atoms with Gasteiger partial charge in [-0.2, -0.15) is 5.10 Å². The minimum atomic E-state index is 0.186. The van der Waals surface area contributed by atoms with Crippen molar-refractivity contribution in [3.05, 3.63) is 40.6 Å². The average Bonchev–Trinajstić information content (AvgIpc) is 2.83. The summed E-state index contributed by atoms with van der Waals surface area (Å²) in [6.07, 6.45) is 1.75. The van der Waals surface area contributed by atoms with E-state index in [1.165, 1.54) is 4.90 Å². The fourth-order valence-corrected chi connectivity index (χ4v) is 3.27. The molecule has 0 saturated heterocycles. The van der Waals surface area contributed by atoms with Crippen LogP contribution in [0.25, 0.3) is 0 Å². The number of rotatable bonds is 6. The van der Waals surface area contributed by atoms with Crippen molar-refractivity contribution in [2.75, 3.05) is 19.9 Å². The first-order valence-electron chi connectivity index (χ1n) is 6.27. The van der Waals surface area contributed by atoms with E-state index in [-0.39, 0.29) is 6.04 Å². The van der Waals surface area contributed by atoms with E-state index in [2.05, 4.69) is 50.6 Å². The Morgan fingerprint density at radius 1 is 1.40 bits per heavy atom. The molecule has 0 bridgehead atoms. The van der Waals surface area contributed by atoms with Crippen molar-refractivity contribution in [1.82, 2.24) is 15.1 Å². The van der Waals surface area contributed by atoms with Gasteiger partial charge in [0.2, 0.25) is 0 Å². The zero-order valence-corrected chi connectivity index (χ0v) is 14.2. The molecule has 0 aliphatic heterocycles. The second-order valence-corrected chi connectivity index (χ2v) is 6.34. The lowest BCUT2D eigenvalue weighted by Gasteiger charge is -2.17. The molecule has 1 N–H and O–H groups in total. The highest BCUT2D eigenvalue weighted by Gasteiger charge is 2.19. The molecule has 0 spiro atoms. The third-order valence-corrected chi connectivity index (χ3v) is 4.71. The highest BCUT2D eigenvalue weighted by Crippen LogP contribution is 2.30. The molecule has 1 atom stereocenters. The Labute approximate surface area is 132 Å². The van der Waals surface area contributed by atoms with Gasteiger partial charge in [-0.05, 0) is 31.3 Å². The first kappa shape index (κ1) is 15.4. The molecule has 1 aromatic carbocycles. The molecular formula is C14H18BrN3OS. The van der Waals surface area contributed by atoms with E-state index in [1.54, 1.807) is 13.3 Å². The van der Waals surface area contributed by atoms with Gasteiger partial charge >= 0.3 is 0 Å². The molecular weight excluding hydrogens is 338 g/mol. The highest BCUT2D eigenvalue weighted by molar-refractivity contribution is 9.10. The van der Waals surface area contributed by atoms with Gasteiger partial charge < -0.3 is 10.1 Å². The normalized spacial score (nSPS) is 12.4. The van der Waals surface area contributed by atoms with Crippen LogP contribution in [-0.4, -0.2) is 29.7 Å². The number of hydrogen-bond acceptors (Lipinski definition) is 4.